The molecule has 0 radical (unpaired) electrons. The van der Waals surface area contributed by atoms with Crippen molar-refractivity contribution in [1.82, 2.24) is 29.1 Å². The average molecular weight is 596 g/mol. The van der Waals surface area contributed by atoms with Crippen LogP contribution in [0.5, 0.6) is 5.19 Å². The van der Waals surface area contributed by atoms with Gasteiger partial charge in [-0.2, -0.15) is 5.10 Å². The molecular formula is C26H23ClN7O2PS2. The summed E-state index contributed by atoms with van der Waals surface area (Å²) in [7, 11) is 2.68. The molecule has 198 valence electrons. The highest BCUT2D eigenvalue weighted by Gasteiger charge is 2.26. The number of aromatic nitrogens is 6. The van der Waals surface area contributed by atoms with Crippen molar-refractivity contribution < 1.29 is 4.74 Å². The number of nitrogens with two attached hydrogens (primary N) is 1. The van der Waals surface area contributed by atoms with Gasteiger partial charge in [0.1, 0.15) is 27.8 Å². The van der Waals surface area contributed by atoms with Crippen LogP contribution in [0.1, 0.15) is 32.4 Å². The van der Waals surface area contributed by atoms with Crippen LogP contribution in [-0.2, 0) is 0 Å². The lowest BCUT2D eigenvalue weighted by Gasteiger charge is -2.18. The highest BCUT2D eigenvalue weighted by Crippen LogP contribution is 2.39. The average Bonchev–Trinajstić information content (AvgIpc) is 3.61. The van der Waals surface area contributed by atoms with Crippen LogP contribution >= 0.6 is 43.5 Å². The van der Waals surface area contributed by atoms with E-state index in [1.165, 1.54) is 33.4 Å². The van der Waals surface area contributed by atoms with Gasteiger partial charge in [0.05, 0.1) is 34.2 Å². The molecule has 0 aliphatic rings. The summed E-state index contributed by atoms with van der Waals surface area (Å²) in [5, 5.41) is 9.23. The van der Waals surface area contributed by atoms with Crippen LogP contribution < -0.4 is 21.3 Å². The summed E-state index contributed by atoms with van der Waals surface area (Å²) in [5.41, 5.74) is 9.44. The van der Waals surface area contributed by atoms with Crippen LogP contribution in [0, 0.1) is 0 Å². The zero-order chi connectivity index (χ0) is 27.4. The molecule has 1 unspecified atom stereocenters. The first-order valence-electron chi connectivity index (χ1n) is 12.0. The monoisotopic (exact) mass is 595 g/mol. The van der Waals surface area contributed by atoms with Gasteiger partial charge in [0.2, 0.25) is 0 Å². The normalized spacial score (nSPS) is 12.6. The van der Waals surface area contributed by atoms with Crippen molar-refractivity contribution in [2.45, 2.75) is 32.9 Å². The molecule has 2 N–H and O–H groups in total. The van der Waals surface area contributed by atoms with Crippen LogP contribution in [0.3, 0.4) is 0 Å². The van der Waals surface area contributed by atoms with Crippen molar-refractivity contribution in [3.8, 4) is 26.9 Å². The molecule has 1 aromatic carbocycles. The molecule has 9 nitrogen and oxygen atoms in total. The van der Waals surface area contributed by atoms with E-state index >= 15 is 0 Å². The Labute approximate surface area is 238 Å². The molecular weight excluding hydrogens is 573 g/mol. The van der Waals surface area contributed by atoms with E-state index in [4.69, 9.17) is 27.2 Å². The summed E-state index contributed by atoms with van der Waals surface area (Å²) in [6, 6.07) is 9.37. The fourth-order valence-electron chi connectivity index (χ4n) is 4.56. The Kier molecular flexibility index (Phi) is 6.63. The SMILES string of the molecule is CC(C)Oc1ncc(-c2nn([C@@H](C)c3cc4scc(Cl)n4c(=O)c3-c3cccc(P)c3)c3ncnc(N)c23)s1. The van der Waals surface area contributed by atoms with Crippen LogP contribution in [0.15, 0.2) is 53.0 Å². The zero-order valence-corrected chi connectivity index (χ0v) is 24.7. The van der Waals surface area contributed by atoms with E-state index in [9.17, 15) is 4.79 Å². The number of halogens is 1. The molecule has 0 aliphatic heterocycles. The van der Waals surface area contributed by atoms with E-state index in [2.05, 4.69) is 24.2 Å². The molecule has 6 rings (SSSR count). The fourth-order valence-corrected chi connectivity index (χ4v) is 6.89. The summed E-state index contributed by atoms with van der Waals surface area (Å²) >= 11 is 9.21. The summed E-state index contributed by atoms with van der Waals surface area (Å²) in [6.07, 6.45) is 3.13. The molecule has 0 bridgehead atoms. The number of anilines is 1. The number of fused-ring (bicyclic) bond motifs is 2. The Morgan fingerprint density at radius 2 is 1.97 bits per heavy atom. The van der Waals surface area contributed by atoms with E-state index < -0.39 is 6.04 Å². The summed E-state index contributed by atoms with van der Waals surface area (Å²) < 4.78 is 9.10. The van der Waals surface area contributed by atoms with E-state index in [0.29, 0.717) is 38.5 Å². The third kappa shape index (κ3) is 4.49. The smallest absolute Gasteiger partial charge is 0.274 e. The molecule has 0 amide bonds. The van der Waals surface area contributed by atoms with Crippen molar-refractivity contribution in [1.29, 1.82) is 0 Å². The van der Waals surface area contributed by atoms with Gasteiger partial charge < -0.3 is 10.5 Å². The second-order valence-corrected chi connectivity index (χ2v) is 12.2. The van der Waals surface area contributed by atoms with Gasteiger partial charge in [-0.15, -0.1) is 20.6 Å². The number of pyridine rings is 1. The summed E-state index contributed by atoms with van der Waals surface area (Å²) in [6.45, 7) is 5.88. The van der Waals surface area contributed by atoms with Gasteiger partial charge in [0.15, 0.2) is 5.65 Å². The minimum atomic E-state index is -0.392. The molecule has 39 heavy (non-hydrogen) atoms. The minimum Gasteiger partial charge on any atom is -0.467 e. The third-order valence-corrected chi connectivity index (χ3v) is 8.80. The van der Waals surface area contributed by atoms with Crippen molar-refractivity contribution >= 4 is 70.5 Å². The van der Waals surface area contributed by atoms with Crippen molar-refractivity contribution in [2.24, 2.45) is 0 Å². The van der Waals surface area contributed by atoms with E-state index in [0.717, 1.165) is 26.1 Å². The van der Waals surface area contributed by atoms with Gasteiger partial charge in [0, 0.05) is 5.38 Å². The Bertz CT molecular complexity index is 1930. The lowest BCUT2D eigenvalue weighted by Crippen LogP contribution is -2.21. The number of nitrogen functional groups attached to an aromatic ring is 1. The van der Waals surface area contributed by atoms with Crippen LogP contribution in [0.4, 0.5) is 5.82 Å². The fraction of sp³-hybridized carbons (Fsp3) is 0.192. The number of nitrogens with zero attached hydrogens (tertiary/aromatic N) is 6. The summed E-state index contributed by atoms with van der Waals surface area (Å²) in [4.78, 5) is 28.6. The molecule has 6 aromatic rings. The third-order valence-electron chi connectivity index (χ3n) is 6.26. The van der Waals surface area contributed by atoms with E-state index in [1.807, 2.05) is 51.1 Å². The van der Waals surface area contributed by atoms with Gasteiger partial charge >= 0.3 is 0 Å². The van der Waals surface area contributed by atoms with Gasteiger partial charge in [-0.25, -0.2) is 19.6 Å². The predicted octanol–water partition coefficient (Wildman–Crippen LogP) is 5.42. The van der Waals surface area contributed by atoms with Crippen molar-refractivity contribution in [3.05, 3.63) is 69.3 Å². The standard InChI is InChI=1S/C26H23ClN7O2PS2/c1-12(2)36-26-29-9-17(39-26)22-21-23(28)30-11-31-24(21)34(32-22)13(3)16-8-19-33(18(27)10-38-19)25(35)20(16)14-5-4-6-15(37)7-14/h4-13H,37H2,1-3H3,(H2,28,30,31)/t13-/m0/s1. The highest BCUT2D eigenvalue weighted by atomic mass is 35.5. The minimum absolute atomic E-state index is 0.00926. The van der Waals surface area contributed by atoms with Crippen LogP contribution in [-0.4, -0.2) is 35.2 Å². The first-order chi connectivity index (χ1) is 18.7. The Hall–Kier alpha value is -3.37. The van der Waals surface area contributed by atoms with Crippen LogP contribution in [0.2, 0.25) is 5.15 Å². The molecule has 0 spiro atoms. The van der Waals surface area contributed by atoms with Gasteiger partial charge in [0.25, 0.3) is 10.8 Å². The topological polar surface area (TPSA) is 113 Å². The zero-order valence-electron chi connectivity index (χ0n) is 21.1. The molecule has 5 aromatic heterocycles. The molecule has 0 saturated carbocycles. The second kappa shape index (κ2) is 9.98. The molecule has 0 aliphatic carbocycles. The van der Waals surface area contributed by atoms with E-state index in [1.54, 1.807) is 16.3 Å². The van der Waals surface area contributed by atoms with Gasteiger partial charge in [-0.1, -0.05) is 41.1 Å². The number of hydrogen-bond acceptors (Lipinski definition) is 9. The number of hydrogen-bond donors (Lipinski definition) is 1. The largest absolute Gasteiger partial charge is 0.467 e. The number of rotatable bonds is 6. The number of thiazole rings is 2. The second-order valence-electron chi connectivity index (χ2n) is 9.22. The van der Waals surface area contributed by atoms with Crippen LogP contribution in [0.25, 0.3) is 37.6 Å². The molecule has 0 saturated heterocycles. The Balaban J connectivity index is 1.59. The van der Waals surface area contributed by atoms with Gasteiger partial charge in [-0.05, 0) is 49.3 Å². The van der Waals surface area contributed by atoms with E-state index in [-0.39, 0.29) is 11.7 Å². The highest BCUT2D eigenvalue weighted by molar-refractivity contribution is 7.27. The maximum Gasteiger partial charge on any atom is 0.274 e. The molecule has 5 heterocycles. The number of benzene rings is 1. The van der Waals surface area contributed by atoms with Crippen molar-refractivity contribution in [3.63, 3.8) is 0 Å². The Morgan fingerprint density at radius 3 is 2.74 bits per heavy atom. The van der Waals surface area contributed by atoms with Crippen molar-refractivity contribution in [2.75, 3.05) is 5.73 Å². The van der Waals surface area contributed by atoms with Gasteiger partial charge in [-0.3, -0.25) is 9.20 Å². The Morgan fingerprint density at radius 1 is 1.15 bits per heavy atom. The summed E-state index contributed by atoms with van der Waals surface area (Å²) in [5.74, 6) is 0.310. The first kappa shape index (κ1) is 25.9. The predicted molar refractivity (Wildman–Crippen MR) is 162 cm³/mol. The lowest BCUT2D eigenvalue weighted by molar-refractivity contribution is 0.241. The molecule has 13 heteroatoms. The quantitative estimate of drug-likeness (QED) is 0.256. The first-order valence-corrected chi connectivity index (χ1v) is 14.7. The number of ether oxygens (including phenoxy) is 1. The molecule has 2 atom stereocenters. The molecule has 0 fully saturated rings. The lowest BCUT2D eigenvalue weighted by atomic mass is 9.97. The maximum atomic E-state index is 13.9. The maximum absolute atomic E-state index is 13.9.